The van der Waals surface area contributed by atoms with Crippen LogP contribution in [0.1, 0.15) is 78.1 Å². The van der Waals surface area contributed by atoms with Crippen molar-refractivity contribution in [3.63, 3.8) is 0 Å². The Morgan fingerprint density at radius 3 is 1.71 bits per heavy atom. The van der Waals surface area contributed by atoms with Crippen molar-refractivity contribution in [2.75, 3.05) is 7.05 Å². The Morgan fingerprint density at radius 1 is 0.714 bits per heavy atom. The Labute approximate surface area is 256 Å². The zero-order valence-corrected chi connectivity index (χ0v) is 28.1. The number of fused-ring (bicyclic) bond motifs is 2. The van der Waals surface area contributed by atoms with E-state index in [1.165, 1.54) is 21.5 Å². The molecule has 0 fully saturated rings. The number of rotatable bonds is 6. The van der Waals surface area contributed by atoms with Gasteiger partial charge >= 0.3 is 0 Å². The van der Waals surface area contributed by atoms with Gasteiger partial charge in [-0.3, -0.25) is 0 Å². The molecule has 3 nitrogen and oxygen atoms in total. The van der Waals surface area contributed by atoms with Crippen LogP contribution in [0, 0.1) is 5.41 Å². The van der Waals surface area contributed by atoms with Crippen molar-refractivity contribution >= 4 is 34.8 Å². The SMILES string of the molecule is CN(C(c1cccc2c1Oc1c(P(c3ccccc3)c3ccccc3)cccc1C2(C)C)C(C)(C)C)S(=O)C(C)(C)C. The number of hydrogen-bond donors (Lipinski definition) is 0. The topological polar surface area (TPSA) is 29.5 Å². The smallest absolute Gasteiger partial charge is 0.139 e. The first kappa shape index (κ1) is 30.7. The zero-order valence-electron chi connectivity index (χ0n) is 26.4. The third kappa shape index (κ3) is 5.62. The van der Waals surface area contributed by atoms with Crippen LogP contribution in [0.15, 0.2) is 97.1 Å². The molecule has 42 heavy (non-hydrogen) atoms. The normalized spacial score (nSPS) is 16.0. The molecular weight excluding hydrogens is 553 g/mol. The first-order chi connectivity index (χ1) is 19.7. The standard InChI is InChI=1S/C37H44NO2PS/c1-35(2,3)34(38(9)42(39)36(4,5)6)28-22-16-23-29-32(28)40-33-30(37(29,7)8)24-17-25-31(33)41(26-18-12-10-13-19-26)27-20-14-11-15-21-27/h10-25,34H,1-9H3. The van der Waals surface area contributed by atoms with E-state index in [4.69, 9.17) is 4.74 Å². The minimum absolute atomic E-state index is 0.123. The van der Waals surface area contributed by atoms with Crippen molar-refractivity contribution in [2.24, 2.45) is 5.41 Å². The molecule has 0 radical (unpaired) electrons. The van der Waals surface area contributed by atoms with Crippen molar-refractivity contribution in [1.29, 1.82) is 0 Å². The van der Waals surface area contributed by atoms with Crippen molar-refractivity contribution in [3.05, 3.63) is 114 Å². The third-order valence-corrected chi connectivity index (χ3v) is 12.4. The fourth-order valence-electron chi connectivity index (χ4n) is 6.24. The van der Waals surface area contributed by atoms with Gasteiger partial charge in [0.15, 0.2) is 0 Å². The van der Waals surface area contributed by atoms with Crippen molar-refractivity contribution in [1.82, 2.24) is 4.31 Å². The lowest BCUT2D eigenvalue weighted by Crippen LogP contribution is -2.42. The highest BCUT2D eigenvalue weighted by molar-refractivity contribution is 7.84. The van der Waals surface area contributed by atoms with E-state index in [1.54, 1.807) is 0 Å². The van der Waals surface area contributed by atoms with Gasteiger partial charge in [-0.05, 0) is 44.7 Å². The molecule has 1 heterocycles. The second kappa shape index (κ2) is 11.4. The van der Waals surface area contributed by atoms with E-state index < -0.39 is 18.9 Å². The van der Waals surface area contributed by atoms with Crippen LogP contribution in [0.2, 0.25) is 0 Å². The number of para-hydroxylation sites is 2. The lowest BCUT2D eigenvalue weighted by atomic mass is 9.73. The van der Waals surface area contributed by atoms with E-state index >= 15 is 0 Å². The molecular formula is C37H44NO2PS. The van der Waals surface area contributed by atoms with Crippen LogP contribution in [-0.2, 0) is 16.4 Å². The van der Waals surface area contributed by atoms with Gasteiger partial charge in [-0.2, -0.15) is 0 Å². The zero-order chi connectivity index (χ0) is 30.4. The molecule has 4 aromatic carbocycles. The number of nitrogens with zero attached hydrogens (tertiary/aromatic N) is 1. The number of ether oxygens (including phenoxy) is 1. The summed E-state index contributed by atoms with van der Waals surface area (Å²) in [4.78, 5) is 0. The fraction of sp³-hybridized carbons (Fsp3) is 0.351. The highest BCUT2D eigenvalue weighted by Gasteiger charge is 2.43. The summed E-state index contributed by atoms with van der Waals surface area (Å²) in [6, 6.07) is 34.6. The van der Waals surface area contributed by atoms with Gasteiger partial charge in [0.05, 0.1) is 10.8 Å². The molecule has 0 aliphatic carbocycles. The van der Waals surface area contributed by atoms with E-state index in [9.17, 15) is 4.21 Å². The first-order valence-electron chi connectivity index (χ1n) is 14.7. The molecule has 2 unspecified atom stereocenters. The molecule has 0 bridgehead atoms. The van der Waals surface area contributed by atoms with Crippen LogP contribution >= 0.6 is 7.92 Å². The molecule has 0 aromatic heterocycles. The van der Waals surface area contributed by atoms with Gasteiger partial charge in [0.25, 0.3) is 0 Å². The summed E-state index contributed by atoms with van der Waals surface area (Å²) in [5.74, 6) is 1.85. The molecule has 0 saturated heterocycles. The molecule has 1 aliphatic rings. The molecule has 0 amide bonds. The molecule has 4 aromatic rings. The third-order valence-electron chi connectivity index (χ3n) is 8.12. The van der Waals surface area contributed by atoms with Gasteiger partial charge in [0.1, 0.15) is 22.5 Å². The van der Waals surface area contributed by atoms with E-state index in [2.05, 4.69) is 132 Å². The summed E-state index contributed by atoms with van der Waals surface area (Å²) in [5, 5.41) is 3.80. The average Bonchev–Trinajstić information content (AvgIpc) is 2.93. The largest absolute Gasteiger partial charge is 0.456 e. The maximum Gasteiger partial charge on any atom is 0.139 e. The predicted molar refractivity (Wildman–Crippen MR) is 182 cm³/mol. The molecule has 5 rings (SSSR count). The van der Waals surface area contributed by atoms with Crippen molar-refractivity contribution in [2.45, 2.75) is 71.6 Å². The lowest BCUT2D eigenvalue weighted by molar-refractivity contribution is 0.201. The molecule has 0 saturated carbocycles. The quantitative estimate of drug-likeness (QED) is 0.209. The van der Waals surface area contributed by atoms with Crippen LogP contribution in [0.4, 0.5) is 0 Å². The Kier molecular flexibility index (Phi) is 8.31. The first-order valence-corrected chi connectivity index (χ1v) is 17.2. The lowest BCUT2D eigenvalue weighted by Gasteiger charge is -2.43. The maximum atomic E-state index is 13.8. The Morgan fingerprint density at radius 2 is 1.21 bits per heavy atom. The summed E-state index contributed by atoms with van der Waals surface area (Å²) < 4.78 is 22.6. The van der Waals surface area contributed by atoms with Gasteiger partial charge in [0.2, 0.25) is 0 Å². The second-order valence-corrected chi connectivity index (χ2v) is 18.3. The molecule has 0 spiro atoms. The van der Waals surface area contributed by atoms with Gasteiger partial charge < -0.3 is 4.74 Å². The van der Waals surface area contributed by atoms with Gasteiger partial charge in [0, 0.05) is 34.5 Å². The van der Waals surface area contributed by atoms with Gasteiger partial charge in [-0.1, -0.05) is 132 Å². The summed E-state index contributed by atoms with van der Waals surface area (Å²) in [5.41, 5.74) is 2.96. The molecule has 5 heteroatoms. The summed E-state index contributed by atoms with van der Waals surface area (Å²) in [6.45, 7) is 17.4. The van der Waals surface area contributed by atoms with E-state index in [-0.39, 0.29) is 21.6 Å². The van der Waals surface area contributed by atoms with Crippen LogP contribution in [0.3, 0.4) is 0 Å². The van der Waals surface area contributed by atoms with Crippen LogP contribution < -0.4 is 20.7 Å². The summed E-state index contributed by atoms with van der Waals surface area (Å²) >= 11 is 0. The molecule has 220 valence electrons. The average molecular weight is 598 g/mol. The predicted octanol–water partition coefficient (Wildman–Crippen LogP) is 8.36. The van der Waals surface area contributed by atoms with Gasteiger partial charge in [-0.15, -0.1) is 0 Å². The number of hydrogen-bond acceptors (Lipinski definition) is 2. The Bertz CT molecular complexity index is 1550. The molecule has 2 atom stereocenters. The highest BCUT2D eigenvalue weighted by Crippen LogP contribution is 2.54. The summed E-state index contributed by atoms with van der Waals surface area (Å²) in [7, 11) is -0.0719. The Balaban J connectivity index is 1.73. The van der Waals surface area contributed by atoms with E-state index in [0.717, 1.165) is 22.6 Å². The highest BCUT2D eigenvalue weighted by atomic mass is 32.2. The molecule has 1 aliphatic heterocycles. The van der Waals surface area contributed by atoms with Crippen LogP contribution in [0.25, 0.3) is 0 Å². The van der Waals surface area contributed by atoms with Crippen molar-refractivity contribution in [3.8, 4) is 11.5 Å². The van der Waals surface area contributed by atoms with Crippen LogP contribution in [0.5, 0.6) is 11.5 Å². The Hall–Kier alpha value is -2.78. The maximum absolute atomic E-state index is 13.8. The van der Waals surface area contributed by atoms with Crippen molar-refractivity contribution < 1.29 is 8.95 Å². The molecule has 0 N–H and O–H groups in total. The summed E-state index contributed by atoms with van der Waals surface area (Å²) in [6.07, 6.45) is 0. The van der Waals surface area contributed by atoms with E-state index in [0.29, 0.717) is 0 Å². The minimum Gasteiger partial charge on any atom is -0.456 e. The van der Waals surface area contributed by atoms with Gasteiger partial charge in [-0.25, -0.2) is 8.51 Å². The van der Waals surface area contributed by atoms with Crippen LogP contribution in [-0.4, -0.2) is 20.3 Å². The fourth-order valence-corrected chi connectivity index (χ4v) is 10.1. The van der Waals surface area contributed by atoms with E-state index in [1.807, 2.05) is 32.1 Å². The minimum atomic E-state index is -1.20. The number of benzene rings is 4. The second-order valence-electron chi connectivity index (χ2n) is 13.8. The monoisotopic (exact) mass is 597 g/mol.